The molecule has 0 amide bonds. The van der Waals surface area contributed by atoms with E-state index in [1.54, 1.807) is 11.1 Å². The minimum absolute atomic E-state index is 1.07. The molecule has 0 spiro atoms. The van der Waals surface area contributed by atoms with Gasteiger partial charge in [0.2, 0.25) is 0 Å². The minimum atomic E-state index is 1.07. The summed E-state index contributed by atoms with van der Waals surface area (Å²) in [5.74, 6) is 0. The summed E-state index contributed by atoms with van der Waals surface area (Å²) < 4.78 is 0. The summed E-state index contributed by atoms with van der Waals surface area (Å²) in [6.45, 7) is 0. The topological polar surface area (TPSA) is 25.8 Å². The predicted octanol–water partition coefficient (Wildman–Crippen LogP) is 4.02. The van der Waals surface area contributed by atoms with Crippen molar-refractivity contribution in [3.63, 3.8) is 0 Å². The highest BCUT2D eigenvalue weighted by Crippen LogP contribution is 2.28. The van der Waals surface area contributed by atoms with E-state index in [0.29, 0.717) is 0 Å². The van der Waals surface area contributed by atoms with Crippen molar-refractivity contribution >= 4 is 0 Å². The number of hydrogen-bond donors (Lipinski definition) is 0. The Hall–Kier alpha value is -1.70. The Morgan fingerprint density at radius 1 is 0.636 bits per heavy atom. The van der Waals surface area contributed by atoms with E-state index in [0.717, 1.165) is 25.7 Å². The Labute approximate surface area is 133 Å². The van der Waals surface area contributed by atoms with Gasteiger partial charge in [0.15, 0.2) is 0 Å². The first-order valence-corrected chi connectivity index (χ1v) is 8.83. The number of nitrogens with zero attached hydrogens (tertiary/aromatic N) is 2. The van der Waals surface area contributed by atoms with Gasteiger partial charge in [-0.25, -0.2) is 0 Å². The van der Waals surface area contributed by atoms with E-state index in [1.165, 1.54) is 61.0 Å². The monoisotopic (exact) mass is 292 g/mol. The largest absolute Gasteiger partial charge is 0.261 e. The maximum absolute atomic E-state index is 4.86. The van der Waals surface area contributed by atoms with Crippen LogP contribution in [0.5, 0.6) is 0 Å². The molecule has 0 fully saturated rings. The fourth-order valence-electron chi connectivity index (χ4n) is 4.11. The first-order chi connectivity index (χ1) is 10.9. The first-order valence-electron chi connectivity index (χ1n) is 8.83. The molecule has 0 aromatic carbocycles. The van der Waals surface area contributed by atoms with E-state index < -0.39 is 0 Å². The Bertz CT molecular complexity index is 675. The predicted molar refractivity (Wildman–Crippen MR) is 89.2 cm³/mol. The maximum atomic E-state index is 4.86. The lowest BCUT2D eigenvalue weighted by atomic mass is 9.86. The summed E-state index contributed by atoms with van der Waals surface area (Å²) in [5.41, 5.74) is 8.81. The Balaban J connectivity index is 1.71. The van der Waals surface area contributed by atoms with Crippen molar-refractivity contribution < 1.29 is 0 Å². The molecule has 0 saturated carbocycles. The van der Waals surface area contributed by atoms with Crippen molar-refractivity contribution in [3.05, 3.63) is 58.2 Å². The Kier molecular flexibility index (Phi) is 3.92. The summed E-state index contributed by atoms with van der Waals surface area (Å²) in [6.07, 6.45) is 16.4. The Morgan fingerprint density at radius 2 is 1.50 bits per heavy atom. The molecule has 4 rings (SSSR count). The molecule has 0 atom stereocenters. The van der Waals surface area contributed by atoms with E-state index in [1.807, 2.05) is 6.20 Å². The van der Waals surface area contributed by atoms with Gasteiger partial charge in [-0.3, -0.25) is 9.97 Å². The third-order valence-corrected chi connectivity index (χ3v) is 5.33. The molecule has 2 aromatic rings. The second kappa shape index (κ2) is 6.20. The number of rotatable bonds is 0. The van der Waals surface area contributed by atoms with E-state index >= 15 is 0 Å². The van der Waals surface area contributed by atoms with E-state index in [2.05, 4.69) is 23.3 Å². The molecule has 2 aliphatic rings. The molecule has 2 heteroatoms. The molecule has 2 aliphatic carbocycles. The molecule has 0 radical (unpaired) electrons. The van der Waals surface area contributed by atoms with Crippen LogP contribution in [0.3, 0.4) is 0 Å². The van der Waals surface area contributed by atoms with Crippen LogP contribution in [0.25, 0.3) is 0 Å². The van der Waals surface area contributed by atoms with Gasteiger partial charge in [-0.15, -0.1) is 0 Å². The maximum Gasteiger partial charge on any atom is 0.0441 e. The molecule has 114 valence electrons. The summed E-state index contributed by atoms with van der Waals surface area (Å²) in [6, 6.07) is 4.30. The zero-order valence-electron chi connectivity index (χ0n) is 13.3. The first kappa shape index (κ1) is 13.9. The molecule has 2 nitrogen and oxygen atoms in total. The standard InChI is InChI=1S/C20H24N2/c1-2-4-8-17-16(6-3-1)14-22-20-11-9-15-7-5-13-21-19(15)12-10-18(17)20/h5,7,13-14H,1-4,6,8-12H2. The molecular weight excluding hydrogens is 268 g/mol. The minimum Gasteiger partial charge on any atom is -0.261 e. The van der Waals surface area contributed by atoms with Crippen LogP contribution < -0.4 is 0 Å². The lowest BCUT2D eigenvalue weighted by Crippen LogP contribution is -2.14. The van der Waals surface area contributed by atoms with Gasteiger partial charge in [-0.05, 0) is 79.7 Å². The molecule has 22 heavy (non-hydrogen) atoms. The third-order valence-electron chi connectivity index (χ3n) is 5.33. The molecule has 0 bridgehead atoms. The second-order valence-electron chi connectivity index (χ2n) is 6.71. The number of aryl methyl sites for hydroxylation is 4. The second-order valence-corrected chi connectivity index (χ2v) is 6.71. The third kappa shape index (κ3) is 2.67. The molecular formula is C20H24N2. The van der Waals surface area contributed by atoms with Crippen molar-refractivity contribution in [2.24, 2.45) is 0 Å². The highest BCUT2D eigenvalue weighted by Gasteiger charge is 2.19. The van der Waals surface area contributed by atoms with Crippen LogP contribution in [0.1, 0.15) is 59.3 Å². The normalized spacial score (nSPS) is 18.0. The van der Waals surface area contributed by atoms with Crippen molar-refractivity contribution in [2.45, 2.75) is 64.2 Å². The van der Waals surface area contributed by atoms with Gasteiger partial charge in [0, 0.05) is 23.8 Å². The van der Waals surface area contributed by atoms with Crippen molar-refractivity contribution in [1.82, 2.24) is 9.97 Å². The van der Waals surface area contributed by atoms with E-state index in [-0.39, 0.29) is 0 Å². The van der Waals surface area contributed by atoms with Gasteiger partial charge in [0.1, 0.15) is 0 Å². The zero-order valence-corrected chi connectivity index (χ0v) is 13.3. The average molecular weight is 292 g/mol. The summed E-state index contributed by atoms with van der Waals surface area (Å²) >= 11 is 0. The van der Waals surface area contributed by atoms with Crippen LogP contribution >= 0.6 is 0 Å². The van der Waals surface area contributed by atoms with Gasteiger partial charge in [-0.2, -0.15) is 0 Å². The summed E-state index contributed by atoms with van der Waals surface area (Å²) in [7, 11) is 0. The van der Waals surface area contributed by atoms with Crippen LogP contribution in [0.4, 0.5) is 0 Å². The van der Waals surface area contributed by atoms with Crippen molar-refractivity contribution in [3.8, 4) is 0 Å². The fourth-order valence-corrected chi connectivity index (χ4v) is 4.11. The van der Waals surface area contributed by atoms with Gasteiger partial charge in [0.25, 0.3) is 0 Å². The zero-order chi connectivity index (χ0) is 14.8. The lowest BCUT2D eigenvalue weighted by Gasteiger charge is -2.22. The summed E-state index contributed by atoms with van der Waals surface area (Å²) in [5, 5.41) is 0. The molecule has 2 heterocycles. The van der Waals surface area contributed by atoms with Gasteiger partial charge < -0.3 is 0 Å². The van der Waals surface area contributed by atoms with Crippen LogP contribution in [0.15, 0.2) is 24.5 Å². The SMILES string of the molecule is c1cnc2c(c1)CCc1ncc3c(c1CC2)CCCCCC3. The van der Waals surface area contributed by atoms with Crippen molar-refractivity contribution in [2.75, 3.05) is 0 Å². The number of aromatic nitrogens is 2. The fraction of sp³-hybridized carbons (Fsp3) is 0.500. The highest BCUT2D eigenvalue weighted by atomic mass is 14.7. The van der Waals surface area contributed by atoms with E-state index in [9.17, 15) is 0 Å². The molecule has 0 saturated heterocycles. The van der Waals surface area contributed by atoms with Crippen LogP contribution in [-0.2, 0) is 38.5 Å². The molecule has 2 aromatic heterocycles. The quantitative estimate of drug-likeness (QED) is 0.733. The molecule has 0 unspecified atom stereocenters. The van der Waals surface area contributed by atoms with Crippen LogP contribution in [0.2, 0.25) is 0 Å². The van der Waals surface area contributed by atoms with Crippen LogP contribution in [0, 0.1) is 0 Å². The van der Waals surface area contributed by atoms with Crippen molar-refractivity contribution in [1.29, 1.82) is 0 Å². The lowest BCUT2D eigenvalue weighted by molar-refractivity contribution is 0.608. The number of fused-ring (bicyclic) bond motifs is 4. The smallest absolute Gasteiger partial charge is 0.0441 e. The average Bonchev–Trinajstić information content (AvgIpc) is 2.50. The summed E-state index contributed by atoms with van der Waals surface area (Å²) in [4.78, 5) is 9.48. The van der Waals surface area contributed by atoms with Gasteiger partial charge in [-0.1, -0.05) is 18.9 Å². The van der Waals surface area contributed by atoms with Crippen LogP contribution in [-0.4, -0.2) is 9.97 Å². The molecule has 0 aliphatic heterocycles. The highest BCUT2D eigenvalue weighted by molar-refractivity contribution is 5.40. The number of hydrogen-bond acceptors (Lipinski definition) is 2. The van der Waals surface area contributed by atoms with E-state index in [4.69, 9.17) is 4.98 Å². The molecule has 0 N–H and O–H groups in total. The number of pyridine rings is 2. The Morgan fingerprint density at radius 3 is 2.45 bits per heavy atom. The van der Waals surface area contributed by atoms with Gasteiger partial charge >= 0.3 is 0 Å². The van der Waals surface area contributed by atoms with Gasteiger partial charge in [0.05, 0.1) is 0 Å².